The number of halogens is 2. The quantitative estimate of drug-likeness (QED) is 0.336. The maximum absolute atomic E-state index is 15.3. The van der Waals surface area contributed by atoms with Crippen LogP contribution in [0.3, 0.4) is 0 Å². The van der Waals surface area contributed by atoms with E-state index in [0.717, 1.165) is 7.11 Å². The molecule has 3 heterocycles. The number of amides is 1. The molecule has 1 aliphatic carbocycles. The smallest absolute Gasteiger partial charge is 0.212 e. The van der Waals surface area contributed by atoms with Crippen molar-refractivity contribution in [2.75, 3.05) is 19.5 Å². The standard InChI is InChI=1S/C19H17ClFN5O2.C3H6.CH4O/c1-3-12(28-2)16-18(21)17(20)15(11-6-23-25-19(11)16)10-4-5-14-24-13(22-9-27)8-26(14)7-10;1-2-3-1;1-2/h4-9,12H,3H2,1-2H3,(H,22,27)(H,23,25);1-3H2;2H,1H3. The van der Waals surface area contributed by atoms with Crippen molar-refractivity contribution in [2.24, 2.45) is 0 Å². The van der Waals surface area contributed by atoms with E-state index in [2.05, 4.69) is 20.5 Å². The zero-order valence-electron chi connectivity index (χ0n) is 18.7. The molecule has 1 fully saturated rings. The first kappa shape index (κ1) is 24.6. The van der Waals surface area contributed by atoms with Crippen LogP contribution in [-0.2, 0) is 9.53 Å². The lowest BCUT2D eigenvalue weighted by Crippen LogP contribution is -2.06. The number of aromatic amines is 1. The van der Waals surface area contributed by atoms with Gasteiger partial charge in [0.2, 0.25) is 6.41 Å². The molecular weight excluding hydrogens is 449 g/mol. The summed E-state index contributed by atoms with van der Waals surface area (Å²) in [6.45, 7) is 1.91. The monoisotopic (exact) mass is 475 g/mol. The Bertz CT molecular complexity index is 1230. The van der Waals surface area contributed by atoms with Crippen LogP contribution in [0.1, 0.15) is 44.3 Å². The summed E-state index contributed by atoms with van der Waals surface area (Å²) in [4.78, 5) is 14.9. The number of methoxy groups -OCH3 is 1. The number of anilines is 1. The zero-order valence-corrected chi connectivity index (χ0v) is 19.5. The van der Waals surface area contributed by atoms with Gasteiger partial charge in [0.1, 0.15) is 11.5 Å². The molecule has 0 bridgehead atoms. The van der Waals surface area contributed by atoms with Crippen molar-refractivity contribution in [3.05, 3.63) is 47.1 Å². The number of aliphatic hydroxyl groups is 1. The minimum atomic E-state index is -0.531. The highest BCUT2D eigenvalue weighted by Gasteiger charge is 2.25. The molecule has 8 nitrogen and oxygen atoms in total. The Kier molecular flexibility index (Phi) is 8.37. The molecule has 1 aromatic carbocycles. The second-order valence-corrected chi connectivity index (χ2v) is 7.72. The van der Waals surface area contributed by atoms with Crippen molar-refractivity contribution in [3.63, 3.8) is 0 Å². The van der Waals surface area contributed by atoms with Crippen LogP contribution < -0.4 is 5.32 Å². The largest absolute Gasteiger partial charge is 0.400 e. The van der Waals surface area contributed by atoms with Crippen LogP contribution in [0.2, 0.25) is 5.02 Å². The van der Waals surface area contributed by atoms with Crippen molar-refractivity contribution in [1.82, 2.24) is 19.6 Å². The lowest BCUT2D eigenvalue weighted by atomic mass is 9.96. The Morgan fingerprint density at radius 2 is 2.06 bits per heavy atom. The second kappa shape index (κ2) is 11.2. The van der Waals surface area contributed by atoms with Gasteiger partial charge in [-0.25, -0.2) is 9.37 Å². The van der Waals surface area contributed by atoms with Crippen LogP contribution >= 0.6 is 11.6 Å². The van der Waals surface area contributed by atoms with E-state index in [1.807, 2.05) is 6.92 Å². The number of fused-ring (bicyclic) bond motifs is 2. The Morgan fingerprint density at radius 1 is 1.33 bits per heavy atom. The van der Waals surface area contributed by atoms with E-state index in [1.165, 1.54) is 26.4 Å². The highest BCUT2D eigenvalue weighted by atomic mass is 35.5. The predicted octanol–water partition coefficient (Wildman–Crippen LogP) is 5.11. The van der Waals surface area contributed by atoms with Crippen molar-refractivity contribution < 1.29 is 19.0 Å². The van der Waals surface area contributed by atoms with Gasteiger partial charge in [0.05, 0.1) is 29.0 Å². The molecule has 0 radical (unpaired) electrons. The summed E-state index contributed by atoms with van der Waals surface area (Å²) in [6, 6.07) is 3.57. The van der Waals surface area contributed by atoms with Crippen LogP contribution in [-0.4, -0.2) is 45.3 Å². The molecular formula is C23H27ClFN5O3. The topological polar surface area (TPSA) is 105 Å². The van der Waals surface area contributed by atoms with Crippen molar-refractivity contribution in [1.29, 1.82) is 0 Å². The number of hydrogen-bond acceptors (Lipinski definition) is 5. The van der Waals surface area contributed by atoms with E-state index in [-0.39, 0.29) is 5.02 Å². The molecule has 0 spiro atoms. The number of rotatable bonds is 6. The summed E-state index contributed by atoms with van der Waals surface area (Å²) in [6.07, 6.45) is 10.3. The van der Waals surface area contributed by atoms with Gasteiger partial charge in [0.25, 0.3) is 0 Å². The van der Waals surface area contributed by atoms with Crippen molar-refractivity contribution in [2.45, 2.75) is 38.7 Å². The number of nitrogens with zero attached hydrogens (tertiary/aromatic N) is 3. The fourth-order valence-corrected chi connectivity index (χ4v) is 3.79. The van der Waals surface area contributed by atoms with Crippen molar-refractivity contribution in [3.8, 4) is 11.1 Å². The lowest BCUT2D eigenvalue weighted by Gasteiger charge is -2.18. The first-order chi connectivity index (χ1) is 16.1. The molecule has 176 valence electrons. The molecule has 1 amide bonds. The Morgan fingerprint density at radius 3 is 2.67 bits per heavy atom. The number of benzene rings is 1. The minimum Gasteiger partial charge on any atom is -0.400 e. The molecule has 3 aromatic heterocycles. The van der Waals surface area contributed by atoms with Gasteiger partial charge in [0, 0.05) is 42.5 Å². The molecule has 33 heavy (non-hydrogen) atoms. The third kappa shape index (κ3) is 5.16. The number of aliphatic hydroxyl groups excluding tert-OH is 1. The molecule has 4 aromatic rings. The van der Waals surface area contributed by atoms with Crippen LogP contribution in [0.25, 0.3) is 27.7 Å². The Hall–Kier alpha value is -3.01. The van der Waals surface area contributed by atoms with Gasteiger partial charge in [-0.2, -0.15) is 5.10 Å². The normalized spacial score (nSPS) is 13.0. The fraction of sp³-hybridized carbons (Fsp3) is 0.348. The fourth-order valence-electron chi connectivity index (χ4n) is 3.48. The maximum Gasteiger partial charge on any atom is 0.212 e. The minimum absolute atomic E-state index is 0.00473. The van der Waals surface area contributed by atoms with E-state index in [1.54, 1.807) is 35.1 Å². The maximum atomic E-state index is 15.3. The Balaban J connectivity index is 0.000000554. The molecule has 0 saturated heterocycles. The van der Waals surface area contributed by atoms with E-state index in [9.17, 15) is 4.79 Å². The number of H-pyrrole nitrogens is 1. The number of nitrogens with one attached hydrogen (secondary N) is 2. The van der Waals surface area contributed by atoms with E-state index in [0.29, 0.717) is 51.9 Å². The molecule has 5 rings (SSSR count). The highest BCUT2D eigenvalue weighted by molar-refractivity contribution is 6.35. The average molecular weight is 476 g/mol. The first-order valence-electron chi connectivity index (χ1n) is 10.6. The molecule has 1 unspecified atom stereocenters. The Labute approximate surface area is 195 Å². The van der Waals surface area contributed by atoms with Gasteiger partial charge in [-0.1, -0.05) is 37.8 Å². The number of aromatic nitrogens is 4. The van der Waals surface area contributed by atoms with Crippen LogP contribution in [0.15, 0.2) is 30.7 Å². The van der Waals surface area contributed by atoms with Gasteiger partial charge >= 0.3 is 0 Å². The van der Waals surface area contributed by atoms with Gasteiger partial charge < -0.3 is 19.6 Å². The summed E-state index contributed by atoms with van der Waals surface area (Å²) < 4.78 is 22.4. The van der Waals surface area contributed by atoms with E-state index in [4.69, 9.17) is 21.4 Å². The summed E-state index contributed by atoms with van der Waals surface area (Å²) in [5.74, 6) is -0.115. The lowest BCUT2D eigenvalue weighted by molar-refractivity contribution is -0.105. The number of carbonyl (C=O) groups excluding carboxylic acids is 1. The molecule has 1 atom stereocenters. The number of ether oxygens (including phenoxy) is 1. The third-order valence-electron chi connectivity index (χ3n) is 5.10. The molecule has 0 aliphatic heterocycles. The number of imidazole rings is 1. The number of carbonyl (C=O) groups is 1. The summed E-state index contributed by atoms with van der Waals surface area (Å²) in [7, 11) is 2.54. The number of hydrogen-bond donors (Lipinski definition) is 3. The van der Waals surface area contributed by atoms with E-state index >= 15 is 4.39 Å². The van der Waals surface area contributed by atoms with Crippen LogP contribution in [0, 0.1) is 5.82 Å². The SMILES string of the molecule is C1CC1.CCC(OC)c1c(F)c(Cl)c(-c2ccc3nc(NC=O)cn3c2)c2cn[nH]c12.CO. The average Bonchev–Trinajstić information content (AvgIpc) is 3.55. The van der Waals surface area contributed by atoms with Gasteiger partial charge in [-0.15, -0.1) is 0 Å². The second-order valence-electron chi connectivity index (χ2n) is 7.34. The number of pyridine rings is 1. The van der Waals surface area contributed by atoms with E-state index < -0.39 is 11.9 Å². The summed E-state index contributed by atoms with van der Waals surface area (Å²) >= 11 is 6.48. The zero-order chi connectivity index (χ0) is 24.0. The summed E-state index contributed by atoms with van der Waals surface area (Å²) in [5, 5.41) is 17.2. The molecule has 1 saturated carbocycles. The van der Waals surface area contributed by atoms with Crippen LogP contribution in [0.5, 0.6) is 0 Å². The summed E-state index contributed by atoms with van der Waals surface area (Å²) in [5.41, 5.74) is 2.77. The highest BCUT2D eigenvalue weighted by Crippen LogP contribution is 2.42. The third-order valence-corrected chi connectivity index (χ3v) is 5.46. The molecule has 10 heteroatoms. The van der Waals surface area contributed by atoms with Crippen LogP contribution in [0.4, 0.5) is 10.2 Å². The first-order valence-corrected chi connectivity index (χ1v) is 11.0. The van der Waals surface area contributed by atoms with Crippen molar-refractivity contribution >= 4 is 40.4 Å². The van der Waals surface area contributed by atoms with Gasteiger partial charge in [-0.05, 0) is 18.6 Å². The van der Waals surface area contributed by atoms with Gasteiger partial charge in [-0.3, -0.25) is 9.89 Å². The molecule has 1 aliphatic rings. The predicted molar refractivity (Wildman–Crippen MR) is 127 cm³/mol. The molecule has 3 N–H and O–H groups in total. The van der Waals surface area contributed by atoms with Gasteiger partial charge in [0.15, 0.2) is 5.82 Å².